The van der Waals surface area contributed by atoms with Crippen molar-refractivity contribution >= 4 is 28.2 Å². The molecule has 0 spiro atoms. The first-order valence-corrected chi connectivity index (χ1v) is 9.48. The number of hydrogen-bond acceptors (Lipinski definition) is 7. The van der Waals surface area contributed by atoms with E-state index < -0.39 is 0 Å². The Morgan fingerprint density at radius 2 is 2.00 bits per heavy atom. The number of thiazole rings is 1. The summed E-state index contributed by atoms with van der Waals surface area (Å²) >= 11 is 1.39. The van der Waals surface area contributed by atoms with Gasteiger partial charge in [-0.25, -0.2) is 14.5 Å². The Bertz CT molecular complexity index is 1150. The highest BCUT2D eigenvalue weighted by Gasteiger charge is 2.15. The summed E-state index contributed by atoms with van der Waals surface area (Å²) in [6.07, 6.45) is 1.65. The predicted molar refractivity (Wildman–Crippen MR) is 107 cm³/mol. The Hall–Kier alpha value is -3.33. The smallest absolute Gasteiger partial charge is 0.252 e. The van der Waals surface area contributed by atoms with Gasteiger partial charge in [0.05, 0.1) is 19.2 Å². The summed E-state index contributed by atoms with van der Waals surface area (Å²) in [7, 11) is 1.63. The van der Waals surface area contributed by atoms with Crippen molar-refractivity contribution in [2.75, 3.05) is 12.4 Å². The Morgan fingerprint density at radius 1 is 1.21 bits per heavy atom. The van der Waals surface area contributed by atoms with Gasteiger partial charge in [-0.05, 0) is 38.1 Å². The molecule has 0 unspecified atom stereocenters. The third-order valence-corrected chi connectivity index (χ3v) is 5.22. The van der Waals surface area contributed by atoms with Gasteiger partial charge in [-0.1, -0.05) is 0 Å². The SMILES string of the molecule is COc1ccc(-c2csc(NC(=O)Cc3c(C)nc4ncnn4c3C)n2)cc1. The number of amides is 1. The maximum absolute atomic E-state index is 12.6. The first-order chi connectivity index (χ1) is 13.5. The van der Waals surface area contributed by atoms with Crippen molar-refractivity contribution in [3.63, 3.8) is 0 Å². The maximum atomic E-state index is 12.6. The van der Waals surface area contributed by atoms with Crippen molar-refractivity contribution in [1.82, 2.24) is 24.6 Å². The second kappa shape index (κ2) is 7.35. The summed E-state index contributed by atoms with van der Waals surface area (Å²) < 4.78 is 6.81. The number of rotatable bonds is 5. The molecule has 1 N–H and O–H groups in total. The van der Waals surface area contributed by atoms with Crippen LogP contribution < -0.4 is 10.1 Å². The average Bonchev–Trinajstić information content (AvgIpc) is 3.35. The molecule has 4 rings (SSSR count). The molecule has 0 aliphatic heterocycles. The van der Waals surface area contributed by atoms with Crippen LogP contribution in [-0.2, 0) is 11.2 Å². The lowest BCUT2D eigenvalue weighted by Crippen LogP contribution is -2.17. The zero-order valence-corrected chi connectivity index (χ0v) is 16.4. The molecule has 0 aliphatic carbocycles. The minimum Gasteiger partial charge on any atom is -0.497 e. The lowest BCUT2D eigenvalue weighted by Gasteiger charge is -2.09. The summed E-state index contributed by atoms with van der Waals surface area (Å²) in [5.41, 5.74) is 4.23. The van der Waals surface area contributed by atoms with Crippen LogP contribution in [0, 0.1) is 13.8 Å². The van der Waals surface area contributed by atoms with E-state index in [0.29, 0.717) is 10.9 Å². The molecule has 0 saturated heterocycles. The van der Waals surface area contributed by atoms with Crippen LogP contribution in [0.2, 0.25) is 0 Å². The van der Waals surface area contributed by atoms with E-state index in [-0.39, 0.29) is 12.3 Å². The largest absolute Gasteiger partial charge is 0.497 e. The van der Waals surface area contributed by atoms with Crippen molar-refractivity contribution < 1.29 is 9.53 Å². The summed E-state index contributed by atoms with van der Waals surface area (Å²) in [5.74, 6) is 1.17. The molecule has 9 heteroatoms. The molecular weight excluding hydrogens is 376 g/mol. The number of anilines is 1. The van der Waals surface area contributed by atoms with Gasteiger partial charge in [-0.2, -0.15) is 10.1 Å². The summed E-state index contributed by atoms with van der Waals surface area (Å²) in [6, 6.07) is 7.63. The molecule has 0 radical (unpaired) electrons. The van der Waals surface area contributed by atoms with Crippen LogP contribution in [-0.4, -0.2) is 37.6 Å². The molecule has 142 valence electrons. The minimum absolute atomic E-state index is 0.150. The number of ether oxygens (including phenoxy) is 1. The van der Waals surface area contributed by atoms with E-state index in [1.807, 2.05) is 43.5 Å². The second-order valence-electron chi connectivity index (χ2n) is 6.22. The number of methoxy groups -OCH3 is 1. The molecule has 0 fully saturated rings. The highest BCUT2D eigenvalue weighted by Crippen LogP contribution is 2.26. The van der Waals surface area contributed by atoms with Crippen molar-refractivity contribution in [3.05, 3.63) is 52.9 Å². The number of aryl methyl sites for hydroxylation is 2. The van der Waals surface area contributed by atoms with Gasteiger partial charge >= 0.3 is 0 Å². The number of aromatic nitrogens is 5. The molecular formula is C19H18N6O2S. The third kappa shape index (κ3) is 3.44. The van der Waals surface area contributed by atoms with E-state index in [1.54, 1.807) is 11.6 Å². The fourth-order valence-corrected chi connectivity index (χ4v) is 3.70. The average molecular weight is 394 g/mol. The number of hydrogen-bond donors (Lipinski definition) is 1. The number of fused-ring (bicyclic) bond motifs is 1. The van der Waals surface area contributed by atoms with Crippen molar-refractivity contribution in [3.8, 4) is 17.0 Å². The number of benzene rings is 1. The molecule has 28 heavy (non-hydrogen) atoms. The quantitative estimate of drug-likeness (QED) is 0.559. The highest BCUT2D eigenvalue weighted by molar-refractivity contribution is 7.14. The van der Waals surface area contributed by atoms with E-state index in [0.717, 1.165) is 34.0 Å². The van der Waals surface area contributed by atoms with Gasteiger partial charge in [0.2, 0.25) is 5.91 Å². The van der Waals surface area contributed by atoms with E-state index in [1.165, 1.54) is 17.7 Å². The standard InChI is InChI=1S/C19H18N6O2S/c1-11-15(12(2)25-18(22-11)20-10-21-25)8-17(26)24-19-23-16(9-28-19)13-4-6-14(27-3)7-5-13/h4-7,9-10H,8H2,1-3H3,(H,23,24,26). The van der Waals surface area contributed by atoms with Crippen molar-refractivity contribution in [2.45, 2.75) is 20.3 Å². The molecule has 0 bridgehead atoms. The zero-order valence-electron chi connectivity index (χ0n) is 15.6. The molecule has 3 heterocycles. The first-order valence-electron chi connectivity index (χ1n) is 8.61. The maximum Gasteiger partial charge on any atom is 0.252 e. The van der Waals surface area contributed by atoms with Gasteiger partial charge in [0.1, 0.15) is 12.1 Å². The molecule has 0 aliphatic rings. The third-order valence-electron chi connectivity index (χ3n) is 4.46. The Kier molecular flexibility index (Phi) is 4.74. The van der Waals surface area contributed by atoms with E-state index >= 15 is 0 Å². The lowest BCUT2D eigenvalue weighted by molar-refractivity contribution is -0.115. The lowest BCUT2D eigenvalue weighted by atomic mass is 10.1. The molecule has 0 saturated carbocycles. The first kappa shape index (κ1) is 18.1. The summed E-state index contributed by atoms with van der Waals surface area (Å²) in [6.45, 7) is 3.78. The second-order valence-corrected chi connectivity index (χ2v) is 7.08. The Balaban J connectivity index is 1.49. The van der Waals surface area contributed by atoms with Crippen molar-refractivity contribution in [1.29, 1.82) is 0 Å². The van der Waals surface area contributed by atoms with Gasteiger partial charge < -0.3 is 10.1 Å². The van der Waals surface area contributed by atoms with Crippen LogP contribution in [0.1, 0.15) is 17.0 Å². The topological polar surface area (TPSA) is 94.3 Å². The van der Waals surface area contributed by atoms with Crippen LogP contribution in [0.15, 0.2) is 36.0 Å². The van der Waals surface area contributed by atoms with Gasteiger partial charge in [-0.15, -0.1) is 11.3 Å². The molecule has 8 nitrogen and oxygen atoms in total. The van der Waals surface area contributed by atoms with Gasteiger partial charge in [0.15, 0.2) is 5.13 Å². The van der Waals surface area contributed by atoms with Crippen LogP contribution in [0.25, 0.3) is 17.0 Å². The molecule has 1 amide bonds. The summed E-state index contributed by atoms with van der Waals surface area (Å²) in [4.78, 5) is 25.6. The number of carbonyl (C=O) groups is 1. The van der Waals surface area contributed by atoms with E-state index in [9.17, 15) is 4.79 Å². The minimum atomic E-state index is -0.150. The number of nitrogens with one attached hydrogen (secondary N) is 1. The van der Waals surface area contributed by atoms with Crippen LogP contribution >= 0.6 is 11.3 Å². The van der Waals surface area contributed by atoms with Gasteiger partial charge in [0, 0.05) is 27.9 Å². The molecule has 4 aromatic rings. The molecule has 3 aromatic heterocycles. The molecule has 0 atom stereocenters. The van der Waals surface area contributed by atoms with E-state index in [2.05, 4.69) is 25.4 Å². The molecule has 1 aromatic carbocycles. The Labute approximate surface area is 165 Å². The predicted octanol–water partition coefficient (Wildman–Crippen LogP) is 3.05. The van der Waals surface area contributed by atoms with Crippen molar-refractivity contribution in [2.24, 2.45) is 0 Å². The van der Waals surface area contributed by atoms with Gasteiger partial charge in [-0.3, -0.25) is 4.79 Å². The van der Waals surface area contributed by atoms with Crippen LogP contribution in [0.5, 0.6) is 5.75 Å². The fraction of sp³-hybridized carbons (Fsp3) is 0.211. The van der Waals surface area contributed by atoms with Crippen LogP contribution in [0.4, 0.5) is 5.13 Å². The normalized spacial score (nSPS) is 11.0. The fourth-order valence-electron chi connectivity index (χ4n) is 2.96. The van der Waals surface area contributed by atoms with E-state index in [4.69, 9.17) is 4.74 Å². The highest BCUT2D eigenvalue weighted by atomic mass is 32.1. The number of carbonyl (C=O) groups excluding carboxylic acids is 1. The van der Waals surface area contributed by atoms with Gasteiger partial charge in [0.25, 0.3) is 5.78 Å². The Morgan fingerprint density at radius 3 is 2.75 bits per heavy atom. The van der Waals surface area contributed by atoms with Crippen LogP contribution in [0.3, 0.4) is 0 Å². The monoisotopic (exact) mass is 394 g/mol. The number of nitrogens with zero attached hydrogens (tertiary/aromatic N) is 5. The zero-order chi connectivity index (χ0) is 19.7. The summed E-state index contributed by atoms with van der Waals surface area (Å²) in [5, 5.41) is 9.49.